The molecule has 40 heavy (non-hydrogen) atoms. The van der Waals surface area contributed by atoms with Crippen LogP contribution in [-0.4, -0.2) is 59.4 Å². The van der Waals surface area contributed by atoms with Gasteiger partial charge in [-0.1, -0.05) is 13.0 Å². The zero-order valence-corrected chi connectivity index (χ0v) is 22.8. The molecule has 7 rings (SSSR count). The van der Waals surface area contributed by atoms with Gasteiger partial charge in [-0.05, 0) is 49.8 Å². The minimum atomic E-state index is -0.833. The second-order valence-corrected chi connectivity index (χ2v) is 12.4. The molecular weight excluding hydrogens is 509 g/mol. The highest BCUT2D eigenvalue weighted by atomic mass is 19.1. The molecule has 2 N–H and O–H groups in total. The number of hydrogen-bond acceptors (Lipinski definition) is 9. The van der Waals surface area contributed by atoms with Gasteiger partial charge in [-0.2, -0.15) is 20.5 Å². The van der Waals surface area contributed by atoms with Crippen LogP contribution in [0.2, 0.25) is 0 Å². The third kappa shape index (κ3) is 3.84. The Morgan fingerprint density at radius 3 is 2.88 bits per heavy atom. The van der Waals surface area contributed by atoms with Crippen molar-refractivity contribution >= 4 is 11.5 Å². The van der Waals surface area contributed by atoms with E-state index in [1.54, 1.807) is 0 Å². The third-order valence-electron chi connectivity index (χ3n) is 9.94. The van der Waals surface area contributed by atoms with Gasteiger partial charge in [0, 0.05) is 49.3 Å². The summed E-state index contributed by atoms with van der Waals surface area (Å²) in [6.07, 6.45) is 3.75. The molecule has 0 saturated carbocycles. The van der Waals surface area contributed by atoms with Crippen molar-refractivity contribution in [2.75, 3.05) is 43.4 Å². The summed E-state index contributed by atoms with van der Waals surface area (Å²) in [6, 6.07) is 8.82. The molecule has 4 aliphatic heterocycles. The average molecular weight is 544 g/mol. The summed E-state index contributed by atoms with van der Waals surface area (Å²) in [5.41, 5.74) is 9.96. The highest BCUT2D eigenvalue weighted by Crippen LogP contribution is 2.51. The average Bonchev–Trinajstić information content (AvgIpc) is 3.44. The lowest BCUT2D eigenvalue weighted by Gasteiger charge is -2.45. The van der Waals surface area contributed by atoms with Gasteiger partial charge in [0.2, 0.25) is 0 Å². The van der Waals surface area contributed by atoms with Gasteiger partial charge in [-0.25, -0.2) is 4.39 Å². The Balaban J connectivity index is 1.26. The predicted octanol–water partition coefficient (Wildman–Crippen LogP) is 3.71. The Morgan fingerprint density at radius 1 is 1.23 bits per heavy atom. The second kappa shape index (κ2) is 9.29. The Hall–Kier alpha value is -3.47. The largest absolute Gasteiger partial charge is 0.461 e. The summed E-state index contributed by atoms with van der Waals surface area (Å²) in [5.74, 6) is 1.00. The minimum absolute atomic E-state index is 0.0374. The van der Waals surface area contributed by atoms with Crippen molar-refractivity contribution in [3.63, 3.8) is 0 Å². The molecule has 0 amide bonds. The lowest BCUT2D eigenvalue weighted by molar-refractivity contribution is -0.0874. The first-order chi connectivity index (χ1) is 19.3. The first kappa shape index (κ1) is 25.5. The lowest BCUT2D eigenvalue weighted by Crippen LogP contribution is -2.48. The van der Waals surface area contributed by atoms with Crippen LogP contribution in [0.15, 0.2) is 12.1 Å². The molecule has 3 fully saturated rings. The molecule has 4 unspecified atom stereocenters. The van der Waals surface area contributed by atoms with E-state index in [0.29, 0.717) is 62.9 Å². The van der Waals surface area contributed by atoms with E-state index in [-0.39, 0.29) is 17.5 Å². The van der Waals surface area contributed by atoms with Crippen LogP contribution in [0.5, 0.6) is 6.01 Å². The summed E-state index contributed by atoms with van der Waals surface area (Å²) in [4.78, 5) is 14.1. The van der Waals surface area contributed by atoms with Crippen LogP contribution in [0, 0.1) is 28.6 Å². The Morgan fingerprint density at radius 2 is 2.08 bits per heavy atom. The number of nitriles is 2. The van der Waals surface area contributed by atoms with Gasteiger partial charge < -0.3 is 20.1 Å². The zero-order valence-electron chi connectivity index (χ0n) is 22.8. The Labute approximate surface area is 233 Å². The molecule has 1 aliphatic carbocycles. The van der Waals surface area contributed by atoms with Gasteiger partial charge in [0.25, 0.3) is 0 Å². The molecular formula is C30H34FN7O2. The van der Waals surface area contributed by atoms with Crippen LogP contribution >= 0.6 is 0 Å². The molecule has 3 saturated heterocycles. The zero-order chi connectivity index (χ0) is 27.6. The maximum Gasteiger partial charge on any atom is 0.318 e. The molecule has 5 aliphatic rings. The van der Waals surface area contributed by atoms with Crippen molar-refractivity contribution in [1.82, 2.24) is 14.9 Å². The third-order valence-corrected chi connectivity index (χ3v) is 9.94. The molecule has 4 atom stereocenters. The quantitative estimate of drug-likeness (QED) is 0.575. The number of halogens is 1. The van der Waals surface area contributed by atoms with Crippen molar-refractivity contribution in [1.29, 1.82) is 10.5 Å². The van der Waals surface area contributed by atoms with E-state index in [1.165, 1.54) is 0 Å². The number of nitrogens with zero attached hydrogens (tertiary/aromatic N) is 6. The van der Waals surface area contributed by atoms with E-state index in [0.717, 1.165) is 60.4 Å². The first-order valence-electron chi connectivity index (χ1n) is 14.4. The summed E-state index contributed by atoms with van der Waals surface area (Å²) >= 11 is 0. The van der Waals surface area contributed by atoms with Crippen molar-refractivity contribution in [2.24, 2.45) is 5.92 Å². The summed E-state index contributed by atoms with van der Waals surface area (Å²) in [7, 11) is 0. The highest BCUT2D eigenvalue weighted by molar-refractivity contribution is 5.64. The number of fused-ring (bicyclic) bond motifs is 4. The van der Waals surface area contributed by atoms with E-state index in [4.69, 9.17) is 25.2 Å². The van der Waals surface area contributed by atoms with E-state index < -0.39 is 11.8 Å². The number of ether oxygens (including phenoxy) is 2. The molecule has 2 aromatic rings. The van der Waals surface area contributed by atoms with Gasteiger partial charge >= 0.3 is 6.01 Å². The SMILES string of the molecule is CC1CCC2(Cc3nc(OCC45CCCN4CC(F)C5)nc(N4CC(C#N)C4)c3CO2)c2c1ccc(N)c2C#N. The van der Waals surface area contributed by atoms with Gasteiger partial charge in [0.05, 0.1) is 35.4 Å². The number of nitrogens with two attached hydrogens (primary N) is 1. The van der Waals surface area contributed by atoms with E-state index in [2.05, 4.69) is 28.9 Å². The molecule has 0 radical (unpaired) electrons. The van der Waals surface area contributed by atoms with E-state index in [1.807, 2.05) is 12.1 Å². The number of anilines is 2. The van der Waals surface area contributed by atoms with Crippen LogP contribution in [0.3, 0.4) is 0 Å². The van der Waals surface area contributed by atoms with E-state index >= 15 is 0 Å². The fraction of sp³-hybridized carbons (Fsp3) is 0.600. The number of aromatic nitrogens is 2. The van der Waals surface area contributed by atoms with Crippen molar-refractivity contribution < 1.29 is 13.9 Å². The molecule has 5 heterocycles. The lowest BCUT2D eigenvalue weighted by atomic mass is 9.69. The van der Waals surface area contributed by atoms with Crippen LogP contribution in [0.25, 0.3) is 0 Å². The van der Waals surface area contributed by atoms with Gasteiger partial charge in [0.15, 0.2) is 0 Å². The highest BCUT2D eigenvalue weighted by Gasteiger charge is 2.50. The molecule has 10 heteroatoms. The number of hydrogen-bond donors (Lipinski definition) is 1. The molecule has 208 valence electrons. The molecule has 0 bridgehead atoms. The monoisotopic (exact) mass is 543 g/mol. The van der Waals surface area contributed by atoms with Crippen molar-refractivity contribution in [3.05, 3.63) is 40.1 Å². The summed E-state index contributed by atoms with van der Waals surface area (Å²) < 4.78 is 27.4. The Kier molecular flexibility index (Phi) is 5.92. The van der Waals surface area contributed by atoms with Gasteiger partial charge in [0.1, 0.15) is 30.3 Å². The fourth-order valence-corrected chi connectivity index (χ4v) is 7.74. The van der Waals surface area contributed by atoms with Gasteiger partial charge in [-0.15, -0.1) is 0 Å². The second-order valence-electron chi connectivity index (χ2n) is 12.4. The summed E-state index contributed by atoms with van der Waals surface area (Å²) in [5, 5.41) is 19.5. The molecule has 1 spiro atoms. The number of benzene rings is 1. The topological polar surface area (TPSA) is 124 Å². The van der Waals surface area contributed by atoms with E-state index in [9.17, 15) is 14.9 Å². The fourth-order valence-electron chi connectivity index (χ4n) is 7.74. The van der Waals surface area contributed by atoms with Crippen LogP contribution < -0.4 is 15.4 Å². The van der Waals surface area contributed by atoms with Crippen LogP contribution in [0.1, 0.15) is 72.9 Å². The number of nitrogen functional groups attached to an aromatic ring is 1. The van der Waals surface area contributed by atoms with Crippen molar-refractivity contribution in [2.45, 2.75) is 75.3 Å². The Bertz CT molecular complexity index is 1450. The first-order valence-corrected chi connectivity index (χ1v) is 14.4. The van der Waals surface area contributed by atoms with Crippen LogP contribution in [0.4, 0.5) is 15.9 Å². The maximum absolute atomic E-state index is 14.4. The normalized spacial score (nSPS) is 31.1. The predicted molar refractivity (Wildman–Crippen MR) is 145 cm³/mol. The van der Waals surface area contributed by atoms with Gasteiger partial charge in [-0.3, -0.25) is 4.90 Å². The summed E-state index contributed by atoms with van der Waals surface area (Å²) in [6.45, 7) is 5.38. The molecule has 1 aromatic heterocycles. The number of alkyl halides is 1. The van der Waals surface area contributed by atoms with Crippen LogP contribution in [-0.2, 0) is 23.4 Å². The number of rotatable bonds is 4. The van der Waals surface area contributed by atoms with Crippen molar-refractivity contribution in [3.8, 4) is 18.1 Å². The standard InChI is InChI=1S/C30H34FN7O2/c1-18-5-7-30(26-21(18)3-4-24(34)22(26)12-33)10-25-23(16-40-30)27(37-13-19(11-32)14-37)36-28(35-25)39-17-29-6-2-8-38(29)15-20(31)9-29/h3-4,18-20H,2,5-10,13-17,34H2,1H3. The maximum atomic E-state index is 14.4. The molecule has 1 aromatic carbocycles. The minimum Gasteiger partial charge on any atom is -0.461 e. The molecule has 9 nitrogen and oxygen atoms in total. The smallest absolute Gasteiger partial charge is 0.318 e.